The van der Waals surface area contributed by atoms with E-state index in [9.17, 15) is 14.0 Å². The van der Waals surface area contributed by atoms with Crippen LogP contribution in [0.25, 0.3) is 0 Å². The molecule has 0 radical (unpaired) electrons. The van der Waals surface area contributed by atoms with Gasteiger partial charge in [-0.3, -0.25) is 9.59 Å². The minimum Gasteiger partial charge on any atom is -0.342 e. The van der Waals surface area contributed by atoms with Crippen LogP contribution < -0.4 is 0 Å². The Kier molecular flexibility index (Phi) is 5.65. The Morgan fingerprint density at radius 1 is 0.931 bits per heavy atom. The van der Waals surface area contributed by atoms with Crippen LogP contribution >= 0.6 is 0 Å². The van der Waals surface area contributed by atoms with Gasteiger partial charge in [0.1, 0.15) is 5.82 Å². The lowest BCUT2D eigenvalue weighted by atomic mass is 9.72. The monoisotopic (exact) mass is 394 g/mol. The Bertz CT molecular complexity index is 858. The van der Waals surface area contributed by atoms with Crippen molar-refractivity contribution in [2.24, 2.45) is 5.41 Å². The van der Waals surface area contributed by atoms with E-state index < -0.39 is 0 Å². The summed E-state index contributed by atoms with van der Waals surface area (Å²) in [5.74, 6) is 0.0433. The van der Waals surface area contributed by atoms with Gasteiger partial charge in [0.15, 0.2) is 0 Å². The van der Waals surface area contributed by atoms with E-state index in [1.807, 2.05) is 28.0 Å². The molecule has 5 heteroatoms. The molecule has 2 aromatic carbocycles. The quantitative estimate of drug-likeness (QED) is 0.791. The van der Waals surface area contributed by atoms with E-state index in [0.717, 1.165) is 50.0 Å². The van der Waals surface area contributed by atoms with Crippen molar-refractivity contribution in [3.63, 3.8) is 0 Å². The second-order valence-electron chi connectivity index (χ2n) is 8.42. The standard InChI is InChI=1S/C24H27FN2O2/c25-21-8-6-19(7-9-21)16-23(29)26-14-12-24(13-15-26)11-10-22(28)27(18-24)17-20-4-2-1-3-5-20/h1-9H,10-18H2. The number of hydrogen-bond donors (Lipinski definition) is 0. The fourth-order valence-corrected chi connectivity index (χ4v) is 4.58. The number of likely N-dealkylation sites (tertiary alicyclic amines) is 2. The maximum absolute atomic E-state index is 13.1. The van der Waals surface area contributed by atoms with E-state index in [2.05, 4.69) is 12.1 Å². The van der Waals surface area contributed by atoms with Crippen LogP contribution in [-0.2, 0) is 22.6 Å². The fraction of sp³-hybridized carbons (Fsp3) is 0.417. The van der Waals surface area contributed by atoms with Crippen LogP contribution in [0, 0.1) is 11.2 Å². The predicted molar refractivity (Wildman–Crippen MR) is 109 cm³/mol. The number of carbonyl (C=O) groups is 2. The first kappa shape index (κ1) is 19.6. The molecular formula is C24H27FN2O2. The summed E-state index contributed by atoms with van der Waals surface area (Å²) in [4.78, 5) is 29.0. The Morgan fingerprint density at radius 2 is 1.62 bits per heavy atom. The minimum absolute atomic E-state index is 0.0967. The second kappa shape index (κ2) is 8.36. The first-order valence-electron chi connectivity index (χ1n) is 10.4. The summed E-state index contributed by atoms with van der Waals surface area (Å²) in [5, 5.41) is 0. The zero-order valence-electron chi connectivity index (χ0n) is 16.6. The third-order valence-corrected chi connectivity index (χ3v) is 6.41. The lowest BCUT2D eigenvalue weighted by Gasteiger charge is -2.47. The van der Waals surface area contributed by atoms with Crippen molar-refractivity contribution in [1.29, 1.82) is 0 Å². The molecule has 2 fully saturated rings. The molecule has 2 aliphatic rings. The van der Waals surface area contributed by atoms with Gasteiger partial charge >= 0.3 is 0 Å². The molecule has 29 heavy (non-hydrogen) atoms. The maximum Gasteiger partial charge on any atom is 0.226 e. The zero-order valence-corrected chi connectivity index (χ0v) is 16.6. The molecular weight excluding hydrogens is 367 g/mol. The molecule has 0 bridgehead atoms. The van der Waals surface area contributed by atoms with Crippen molar-refractivity contribution >= 4 is 11.8 Å². The van der Waals surface area contributed by atoms with E-state index in [0.29, 0.717) is 19.4 Å². The molecule has 2 aliphatic heterocycles. The summed E-state index contributed by atoms with van der Waals surface area (Å²) in [6.07, 6.45) is 3.68. The van der Waals surface area contributed by atoms with Crippen molar-refractivity contribution in [3.05, 3.63) is 71.5 Å². The number of benzene rings is 2. The third-order valence-electron chi connectivity index (χ3n) is 6.41. The highest BCUT2D eigenvalue weighted by molar-refractivity contribution is 5.79. The van der Waals surface area contributed by atoms with Gasteiger partial charge in [-0.1, -0.05) is 42.5 Å². The van der Waals surface area contributed by atoms with Crippen LogP contribution in [0.1, 0.15) is 36.8 Å². The van der Waals surface area contributed by atoms with Crippen LogP contribution in [-0.4, -0.2) is 41.2 Å². The number of piperidine rings is 2. The van der Waals surface area contributed by atoms with Gasteiger partial charge in [-0.2, -0.15) is 0 Å². The van der Waals surface area contributed by atoms with Crippen LogP contribution in [0.5, 0.6) is 0 Å². The normalized spacial score (nSPS) is 18.9. The molecule has 0 atom stereocenters. The van der Waals surface area contributed by atoms with Crippen LogP contribution in [0.3, 0.4) is 0 Å². The fourth-order valence-electron chi connectivity index (χ4n) is 4.58. The molecule has 2 saturated heterocycles. The third kappa shape index (κ3) is 4.66. The molecule has 2 amide bonds. The summed E-state index contributed by atoms with van der Waals surface area (Å²) in [5.41, 5.74) is 2.12. The van der Waals surface area contributed by atoms with E-state index in [1.165, 1.54) is 12.1 Å². The number of nitrogens with zero attached hydrogens (tertiary/aromatic N) is 2. The SMILES string of the molecule is O=C(Cc1ccc(F)cc1)N1CCC2(CCC(=O)N(Cc3ccccc3)C2)CC1. The smallest absolute Gasteiger partial charge is 0.226 e. The molecule has 4 nitrogen and oxygen atoms in total. The molecule has 152 valence electrons. The van der Waals surface area contributed by atoms with Gasteiger partial charge in [0.2, 0.25) is 11.8 Å². The number of halogens is 1. The van der Waals surface area contributed by atoms with Crippen LogP contribution in [0.15, 0.2) is 54.6 Å². The molecule has 4 rings (SSSR count). The molecule has 0 aromatic heterocycles. The van der Waals surface area contributed by atoms with Crippen molar-refractivity contribution in [2.75, 3.05) is 19.6 Å². The first-order valence-corrected chi connectivity index (χ1v) is 10.4. The van der Waals surface area contributed by atoms with Crippen molar-refractivity contribution < 1.29 is 14.0 Å². The Balaban J connectivity index is 1.34. The van der Waals surface area contributed by atoms with Gasteiger partial charge in [0, 0.05) is 32.6 Å². The molecule has 0 aliphatic carbocycles. The Labute approximate surface area is 171 Å². The van der Waals surface area contributed by atoms with E-state index in [-0.39, 0.29) is 23.0 Å². The predicted octanol–water partition coefficient (Wildman–Crippen LogP) is 3.80. The van der Waals surface area contributed by atoms with Crippen molar-refractivity contribution in [3.8, 4) is 0 Å². The Morgan fingerprint density at radius 3 is 2.31 bits per heavy atom. The second-order valence-corrected chi connectivity index (χ2v) is 8.42. The topological polar surface area (TPSA) is 40.6 Å². The summed E-state index contributed by atoms with van der Waals surface area (Å²) >= 11 is 0. The van der Waals surface area contributed by atoms with E-state index >= 15 is 0 Å². The number of amides is 2. The van der Waals surface area contributed by atoms with Crippen LogP contribution in [0.4, 0.5) is 4.39 Å². The largest absolute Gasteiger partial charge is 0.342 e. The molecule has 2 heterocycles. The summed E-state index contributed by atoms with van der Waals surface area (Å²) < 4.78 is 13.1. The highest BCUT2D eigenvalue weighted by Crippen LogP contribution is 2.40. The highest BCUT2D eigenvalue weighted by atomic mass is 19.1. The lowest BCUT2D eigenvalue weighted by molar-refractivity contribution is -0.142. The molecule has 1 spiro atoms. The number of hydrogen-bond acceptors (Lipinski definition) is 2. The van der Waals surface area contributed by atoms with E-state index in [4.69, 9.17) is 0 Å². The zero-order chi connectivity index (χ0) is 20.3. The van der Waals surface area contributed by atoms with Crippen molar-refractivity contribution in [2.45, 2.75) is 38.6 Å². The first-order chi connectivity index (χ1) is 14.0. The Hall–Kier alpha value is -2.69. The molecule has 0 saturated carbocycles. The highest BCUT2D eigenvalue weighted by Gasteiger charge is 2.41. The van der Waals surface area contributed by atoms with Gasteiger partial charge in [-0.25, -0.2) is 4.39 Å². The summed E-state index contributed by atoms with van der Waals surface area (Å²) in [7, 11) is 0. The number of carbonyl (C=O) groups excluding carboxylic acids is 2. The van der Waals surface area contributed by atoms with Gasteiger partial charge < -0.3 is 9.80 Å². The maximum atomic E-state index is 13.1. The average Bonchev–Trinajstić information content (AvgIpc) is 2.74. The van der Waals surface area contributed by atoms with Crippen molar-refractivity contribution in [1.82, 2.24) is 9.80 Å². The lowest BCUT2D eigenvalue weighted by Crippen LogP contribution is -2.52. The molecule has 0 N–H and O–H groups in total. The minimum atomic E-state index is -0.284. The molecule has 2 aromatic rings. The van der Waals surface area contributed by atoms with Gasteiger partial charge in [-0.05, 0) is 47.9 Å². The van der Waals surface area contributed by atoms with Crippen LogP contribution in [0.2, 0.25) is 0 Å². The number of rotatable bonds is 4. The summed E-state index contributed by atoms with van der Waals surface area (Å²) in [6.45, 7) is 2.90. The van der Waals surface area contributed by atoms with Gasteiger partial charge in [-0.15, -0.1) is 0 Å². The van der Waals surface area contributed by atoms with E-state index in [1.54, 1.807) is 12.1 Å². The van der Waals surface area contributed by atoms with Gasteiger partial charge in [0.05, 0.1) is 6.42 Å². The van der Waals surface area contributed by atoms with Gasteiger partial charge in [0.25, 0.3) is 0 Å². The summed E-state index contributed by atoms with van der Waals surface area (Å²) in [6, 6.07) is 16.3. The average molecular weight is 394 g/mol. The molecule has 0 unspecified atom stereocenters.